The van der Waals surface area contributed by atoms with Gasteiger partial charge in [0.2, 0.25) is 11.8 Å². The topological polar surface area (TPSA) is 77.9 Å². The van der Waals surface area contributed by atoms with Crippen LogP contribution in [0.25, 0.3) is 0 Å². The van der Waals surface area contributed by atoms with Crippen LogP contribution in [0.4, 0.5) is 0 Å². The molecule has 0 radical (unpaired) electrons. The van der Waals surface area contributed by atoms with Gasteiger partial charge >= 0.3 is 5.97 Å². The maximum atomic E-state index is 11.8. The van der Waals surface area contributed by atoms with Gasteiger partial charge in [0.25, 0.3) is 0 Å². The lowest BCUT2D eigenvalue weighted by Gasteiger charge is -2.35. The Morgan fingerprint density at radius 3 is 2.87 bits per heavy atom. The Morgan fingerprint density at radius 2 is 2.20 bits per heavy atom. The van der Waals surface area contributed by atoms with E-state index in [-0.39, 0.29) is 24.9 Å². The van der Waals surface area contributed by atoms with Gasteiger partial charge in [0.1, 0.15) is 19.1 Å². The Morgan fingerprint density at radius 1 is 1.47 bits per heavy atom. The minimum atomic E-state index is -1.08. The van der Waals surface area contributed by atoms with Gasteiger partial charge in [-0.05, 0) is 12.8 Å². The molecular weight excluding hydrogens is 200 g/mol. The van der Waals surface area contributed by atoms with Crippen LogP contribution >= 0.6 is 0 Å². The van der Waals surface area contributed by atoms with Crippen LogP contribution in [0, 0.1) is 0 Å². The summed E-state index contributed by atoms with van der Waals surface area (Å²) in [7, 11) is 0. The fraction of sp³-hybridized carbons (Fsp3) is 0.667. The van der Waals surface area contributed by atoms with Crippen molar-refractivity contribution in [2.75, 3.05) is 19.6 Å². The lowest BCUT2D eigenvalue weighted by atomic mass is 10.1. The molecule has 6 heteroatoms. The number of piperazine rings is 1. The number of carboxylic acid groups (broad SMARTS) is 1. The van der Waals surface area contributed by atoms with Crippen molar-refractivity contribution in [3.05, 3.63) is 0 Å². The second-order valence-electron chi connectivity index (χ2n) is 3.83. The summed E-state index contributed by atoms with van der Waals surface area (Å²) in [4.78, 5) is 36.5. The monoisotopic (exact) mass is 212 g/mol. The molecule has 1 atom stereocenters. The maximum Gasteiger partial charge on any atom is 0.323 e. The summed E-state index contributed by atoms with van der Waals surface area (Å²) in [5, 5.41) is 8.59. The van der Waals surface area contributed by atoms with Gasteiger partial charge in [0.15, 0.2) is 0 Å². The van der Waals surface area contributed by atoms with E-state index in [9.17, 15) is 14.4 Å². The molecule has 2 heterocycles. The first-order chi connectivity index (χ1) is 7.09. The Hall–Kier alpha value is -1.59. The molecule has 0 aromatic heterocycles. The van der Waals surface area contributed by atoms with Crippen molar-refractivity contribution in [3.63, 3.8) is 0 Å². The molecule has 0 bridgehead atoms. The van der Waals surface area contributed by atoms with Crippen molar-refractivity contribution in [2.24, 2.45) is 0 Å². The van der Waals surface area contributed by atoms with Crippen molar-refractivity contribution in [3.8, 4) is 0 Å². The molecule has 1 N–H and O–H groups in total. The highest BCUT2D eigenvalue weighted by atomic mass is 16.4. The average molecular weight is 212 g/mol. The minimum Gasteiger partial charge on any atom is -0.480 e. The van der Waals surface area contributed by atoms with Gasteiger partial charge in [-0.2, -0.15) is 0 Å². The van der Waals surface area contributed by atoms with E-state index in [0.29, 0.717) is 13.0 Å². The lowest BCUT2D eigenvalue weighted by Crippen LogP contribution is -2.58. The molecule has 15 heavy (non-hydrogen) atoms. The first-order valence-electron chi connectivity index (χ1n) is 4.89. The molecular formula is C9H12N2O4. The number of fused-ring (bicyclic) bond motifs is 1. The zero-order valence-electron chi connectivity index (χ0n) is 8.18. The Bertz CT molecular complexity index is 328. The van der Waals surface area contributed by atoms with Crippen LogP contribution in [0.3, 0.4) is 0 Å². The lowest BCUT2D eigenvalue weighted by molar-refractivity contribution is -0.157. The number of nitrogens with zero attached hydrogens (tertiary/aromatic N) is 2. The van der Waals surface area contributed by atoms with E-state index in [1.165, 1.54) is 0 Å². The van der Waals surface area contributed by atoms with E-state index in [4.69, 9.17) is 5.11 Å². The smallest absolute Gasteiger partial charge is 0.323 e. The van der Waals surface area contributed by atoms with Gasteiger partial charge in [-0.1, -0.05) is 0 Å². The molecule has 2 fully saturated rings. The SMILES string of the molecule is O=C(O)CN1CC(=O)N2CCCC2C1=O. The third kappa shape index (κ3) is 1.67. The number of carbonyl (C=O) groups excluding carboxylic acids is 2. The number of hydrogen-bond donors (Lipinski definition) is 1. The van der Waals surface area contributed by atoms with Crippen molar-refractivity contribution < 1.29 is 19.5 Å². The number of carbonyl (C=O) groups is 3. The summed E-state index contributed by atoms with van der Waals surface area (Å²) in [5.74, 6) is -1.45. The number of aliphatic carboxylic acids is 1. The largest absolute Gasteiger partial charge is 0.480 e. The van der Waals surface area contributed by atoms with E-state index in [2.05, 4.69) is 0 Å². The van der Waals surface area contributed by atoms with Gasteiger partial charge in [-0.3, -0.25) is 14.4 Å². The Labute approximate surface area is 86.4 Å². The van der Waals surface area contributed by atoms with Gasteiger partial charge in [0.05, 0.1) is 0 Å². The molecule has 2 aliphatic rings. The van der Waals surface area contributed by atoms with E-state index in [1.807, 2.05) is 0 Å². The van der Waals surface area contributed by atoms with Crippen molar-refractivity contribution >= 4 is 17.8 Å². The Kier molecular flexibility index (Phi) is 2.34. The minimum absolute atomic E-state index is 0.0956. The molecule has 0 aromatic rings. The first-order valence-corrected chi connectivity index (χ1v) is 4.89. The summed E-state index contributed by atoms with van der Waals surface area (Å²) in [5.41, 5.74) is 0. The van der Waals surface area contributed by atoms with Crippen LogP contribution in [-0.2, 0) is 14.4 Å². The molecule has 1 unspecified atom stereocenters. The third-order valence-corrected chi connectivity index (χ3v) is 2.82. The molecule has 6 nitrogen and oxygen atoms in total. The molecule has 2 aliphatic heterocycles. The van der Waals surface area contributed by atoms with E-state index in [0.717, 1.165) is 11.3 Å². The predicted molar refractivity (Wildman–Crippen MR) is 49.0 cm³/mol. The van der Waals surface area contributed by atoms with Crippen molar-refractivity contribution in [1.82, 2.24) is 9.80 Å². The molecule has 82 valence electrons. The summed E-state index contributed by atoms with van der Waals surface area (Å²) in [6.07, 6.45) is 1.48. The highest BCUT2D eigenvalue weighted by Gasteiger charge is 2.42. The summed E-state index contributed by atoms with van der Waals surface area (Å²) >= 11 is 0. The Balaban J connectivity index is 2.13. The maximum absolute atomic E-state index is 11.8. The second kappa shape index (κ2) is 3.52. The van der Waals surface area contributed by atoms with E-state index in [1.54, 1.807) is 4.90 Å². The van der Waals surface area contributed by atoms with Crippen LogP contribution in [0.15, 0.2) is 0 Å². The highest BCUT2D eigenvalue weighted by Crippen LogP contribution is 2.23. The summed E-state index contributed by atoms with van der Waals surface area (Å²) in [6.45, 7) is 0.146. The van der Waals surface area contributed by atoms with Gasteiger partial charge < -0.3 is 14.9 Å². The van der Waals surface area contributed by atoms with Crippen molar-refractivity contribution in [2.45, 2.75) is 18.9 Å². The van der Waals surface area contributed by atoms with Gasteiger partial charge in [0, 0.05) is 6.54 Å². The first kappa shape index (κ1) is 9.95. The summed E-state index contributed by atoms with van der Waals surface area (Å²) in [6, 6.07) is -0.411. The quantitative estimate of drug-likeness (QED) is 0.630. The van der Waals surface area contributed by atoms with Crippen LogP contribution in [0.1, 0.15) is 12.8 Å². The van der Waals surface area contributed by atoms with Crippen LogP contribution < -0.4 is 0 Å². The average Bonchev–Trinajstić information content (AvgIpc) is 2.61. The zero-order chi connectivity index (χ0) is 11.0. The molecule has 0 spiro atoms. The van der Waals surface area contributed by atoms with Gasteiger partial charge in [-0.15, -0.1) is 0 Å². The second-order valence-corrected chi connectivity index (χ2v) is 3.83. The van der Waals surface area contributed by atoms with Gasteiger partial charge in [-0.25, -0.2) is 0 Å². The van der Waals surface area contributed by atoms with Crippen LogP contribution in [-0.4, -0.2) is 58.4 Å². The standard InChI is InChI=1S/C9H12N2O4/c12-7-4-10(5-8(13)14)9(15)6-2-1-3-11(6)7/h6H,1-5H2,(H,13,14). The van der Waals surface area contributed by atoms with E-state index < -0.39 is 12.0 Å². The zero-order valence-corrected chi connectivity index (χ0v) is 8.18. The number of carboxylic acids is 1. The normalized spacial score (nSPS) is 25.7. The number of rotatable bonds is 2. The molecule has 0 aliphatic carbocycles. The highest BCUT2D eigenvalue weighted by molar-refractivity contribution is 5.96. The van der Waals surface area contributed by atoms with Crippen LogP contribution in [0.5, 0.6) is 0 Å². The molecule has 2 saturated heterocycles. The molecule has 0 saturated carbocycles. The summed E-state index contributed by atoms with van der Waals surface area (Å²) < 4.78 is 0. The van der Waals surface area contributed by atoms with E-state index >= 15 is 0 Å². The number of amides is 2. The molecule has 0 aromatic carbocycles. The third-order valence-electron chi connectivity index (χ3n) is 2.82. The fourth-order valence-corrected chi connectivity index (χ4v) is 2.16. The number of hydrogen-bond acceptors (Lipinski definition) is 3. The fourth-order valence-electron chi connectivity index (χ4n) is 2.16. The van der Waals surface area contributed by atoms with Crippen LogP contribution in [0.2, 0.25) is 0 Å². The molecule has 2 amide bonds. The molecule has 2 rings (SSSR count). The van der Waals surface area contributed by atoms with Crippen molar-refractivity contribution in [1.29, 1.82) is 0 Å². The predicted octanol–water partition coefficient (Wildman–Crippen LogP) is -1.10.